The topological polar surface area (TPSA) is 178 Å². The van der Waals surface area contributed by atoms with E-state index in [1.807, 2.05) is 0 Å². The van der Waals surface area contributed by atoms with E-state index in [4.69, 9.17) is 23.5 Å². The largest absolute Gasteiger partial charge is 0.457 e. The van der Waals surface area contributed by atoms with E-state index in [0.29, 0.717) is 13.0 Å². The summed E-state index contributed by atoms with van der Waals surface area (Å²) in [5.41, 5.74) is 0. The van der Waals surface area contributed by atoms with E-state index in [-0.39, 0.29) is 19.6 Å². The molecular weight excluding hydrogens is 717 g/mol. The minimum atomic E-state index is -5.06. The first kappa shape index (κ1) is 50.6. The van der Waals surface area contributed by atoms with E-state index in [0.717, 1.165) is 64.2 Å². The highest BCUT2D eigenvalue weighted by atomic mass is 32.3. The number of aliphatic hydroxyl groups excluding tert-OH is 3. The van der Waals surface area contributed by atoms with Crippen molar-refractivity contribution in [3.05, 3.63) is 24.3 Å². The van der Waals surface area contributed by atoms with Gasteiger partial charge in [0.05, 0.1) is 19.8 Å². The van der Waals surface area contributed by atoms with E-state index in [2.05, 4.69) is 42.3 Å². The Morgan fingerprint density at radius 2 is 1.22 bits per heavy atom. The summed E-state index contributed by atoms with van der Waals surface area (Å²) in [5.74, 6) is -0.412. The lowest BCUT2D eigenvalue weighted by Gasteiger charge is -2.41. The van der Waals surface area contributed by atoms with Crippen molar-refractivity contribution in [1.82, 2.24) is 0 Å². The Morgan fingerprint density at radius 1 is 0.704 bits per heavy atom. The summed E-state index contributed by atoms with van der Waals surface area (Å²) in [6, 6.07) is 0. The fourth-order valence-electron chi connectivity index (χ4n) is 6.35. The lowest BCUT2D eigenvalue weighted by Crippen LogP contribution is -2.60. The molecule has 54 heavy (non-hydrogen) atoms. The van der Waals surface area contributed by atoms with Crippen molar-refractivity contribution in [2.45, 2.75) is 205 Å². The summed E-state index contributed by atoms with van der Waals surface area (Å²) in [7, 11) is -5.06. The highest BCUT2D eigenvalue weighted by Gasteiger charge is 2.48. The maximum Gasteiger partial charge on any atom is 0.397 e. The molecule has 0 radical (unpaired) electrons. The Hall–Kier alpha value is -1.42. The maximum absolute atomic E-state index is 12.8. The molecule has 1 fully saturated rings. The Labute approximate surface area is 327 Å². The number of aliphatic hydroxyl groups is 3. The minimum Gasteiger partial charge on any atom is -0.457 e. The van der Waals surface area contributed by atoms with Gasteiger partial charge in [-0.15, -0.1) is 0 Å². The van der Waals surface area contributed by atoms with Crippen LogP contribution in [-0.2, 0) is 38.3 Å². The van der Waals surface area contributed by atoms with Crippen LogP contribution in [0.3, 0.4) is 0 Å². The average Bonchev–Trinajstić information content (AvgIpc) is 3.14. The number of carbonyl (C=O) groups excluding carboxylic acids is 1. The minimum absolute atomic E-state index is 0.0335. The van der Waals surface area contributed by atoms with Crippen LogP contribution in [0.15, 0.2) is 24.3 Å². The molecule has 1 aliphatic heterocycles. The molecule has 1 heterocycles. The zero-order valence-electron chi connectivity index (χ0n) is 33.5. The quantitative estimate of drug-likeness (QED) is 0.0208. The van der Waals surface area contributed by atoms with Crippen molar-refractivity contribution < 1.29 is 56.2 Å². The van der Waals surface area contributed by atoms with Gasteiger partial charge in [-0.3, -0.25) is 9.35 Å². The third-order valence-electron chi connectivity index (χ3n) is 9.58. The van der Waals surface area contributed by atoms with Crippen molar-refractivity contribution in [3.8, 4) is 0 Å². The van der Waals surface area contributed by atoms with Crippen LogP contribution in [0.25, 0.3) is 0 Å². The van der Waals surface area contributed by atoms with Gasteiger partial charge in [0.15, 0.2) is 6.29 Å². The van der Waals surface area contributed by atoms with Crippen molar-refractivity contribution in [1.29, 1.82) is 0 Å². The van der Waals surface area contributed by atoms with E-state index >= 15 is 0 Å². The van der Waals surface area contributed by atoms with Crippen molar-refractivity contribution in [3.63, 3.8) is 0 Å². The van der Waals surface area contributed by atoms with Crippen molar-refractivity contribution >= 4 is 16.4 Å². The second-order valence-corrected chi connectivity index (χ2v) is 15.6. The number of esters is 1. The molecule has 12 nitrogen and oxygen atoms in total. The SMILES string of the molecule is CCCCC/C=C\C/C=C\CCCCCCCC(=O)OC(COCCCCCCCCCCCCCC)COC1OC(CO)C(O)C(OS(=O)(=O)O)C1O. The summed E-state index contributed by atoms with van der Waals surface area (Å²) in [6.45, 7) is 3.94. The summed E-state index contributed by atoms with van der Waals surface area (Å²) in [4.78, 5) is 12.8. The first-order valence-corrected chi connectivity index (χ1v) is 22.5. The van der Waals surface area contributed by atoms with Crippen LogP contribution in [0.4, 0.5) is 0 Å². The van der Waals surface area contributed by atoms with Crippen LogP contribution in [0.1, 0.15) is 168 Å². The molecule has 0 spiro atoms. The second kappa shape index (κ2) is 33.7. The molecule has 0 amide bonds. The molecule has 4 N–H and O–H groups in total. The molecule has 6 unspecified atom stereocenters. The van der Waals surface area contributed by atoms with Gasteiger partial charge in [-0.1, -0.05) is 141 Å². The van der Waals surface area contributed by atoms with Gasteiger partial charge in [0.2, 0.25) is 0 Å². The lowest BCUT2D eigenvalue weighted by atomic mass is 9.99. The Kier molecular flexibility index (Phi) is 31.6. The first-order valence-electron chi connectivity index (χ1n) is 21.1. The molecule has 1 aliphatic rings. The summed E-state index contributed by atoms with van der Waals surface area (Å²) in [5, 5.41) is 30.6. The van der Waals surface area contributed by atoms with Gasteiger partial charge in [-0.2, -0.15) is 8.42 Å². The number of ether oxygens (including phenoxy) is 4. The van der Waals surface area contributed by atoms with Crippen LogP contribution in [-0.4, -0.2) is 97.5 Å². The van der Waals surface area contributed by atoms with Gasteiger partial charge in [-0.25, -0.2) is 4.18 Å². The zero-order valence-corrected chi connectivity index (χ0v) is 34.4. The Morgan fingerprint density at radius 3 is 1.80 bits per heavy atom. The molecule has 0 aromatic rings. The van der Waals surface area contributed by atoms with E-state index in [1.54, 1.807) is 0 Å². The molecule has 13 heteroatoms. The molecule has 0 saturated carbocycles. The molecular formula is C41H76O12S. The molecule has 0 aromatic carbocycles. The molecule has 0 bridgehead atoms. The fraction of sp³-hybridized carbons (Fsp3) is 0.878. The highest BCUT2D eigenvalue weighted by molar-refractivity contribution is 7.80. The average molecular weight is 793 g/mol. The molecule has 1 saturated heterocycles. The molecule has 1 rings (SSSR count). The monoisotopic (exact) mass is 793 g/mol. The van der Waals surface area contributed by atoms with Gasteiger partial charge >= 0.3 is 16.4 Å². The summed E-state index contributed by atoms with van der Waals surface area (Å²) < 4.78 is 58.9. The number of carbonyl (C=O) groups is 1. The zero-order chi connectivity index (χ0) is 39.7. The number of hydrogen-bond acceptors (Lipinski definition) is 11. The lowest BCUT2D eigenvalue weighted by molar-refractivity contribution is -0.301. The molecule has 0 aromatic heterocycles. The number of hydrogen-bond donors (Lipinski definition) is 4. The first-order chi connectivity index (χ1) is 26.1. The second-order valence-electron chi connectivity index (χ2n) is 14.6. The van der Waals surface area contributed by atoms with Gasteiger partial charge < -0.3 is 34.3 Å². The van der Waals surface area contributed by atoms with Gasteiger partial charge in [-0.05, 0) is 44.9 Å². The Balaban J connectivity index is 2.48. The predicted octanol–water partition coefficient (Wildman–Crippen LogP) is 8.07. The Bertz CT molecular complexity index is 1050. The number of allylic oxidation sites excluding steroid dienone is 4. The third kappa shape index (κ3) is 27.2. The normalized spacial score (nSPS) is 21.3. The highest BCUT2D eigenvalue weighted by Crippen LogP contribution is 2.26. The smallest absolute Gasteiger partial charge is 0.397 e. The fourth-order valence-corrected chi connectivity index (χ4v) is 6.86. The van der Waals surface area contributed by atoms with Crippen molar-refractivity contribution in [2.24, 2.45) is 0 Å². The number of unbranched alkanes of at least 4 members (excludes halogenated alkanes) is 19. The summed E-state index contributed by atoms with van der Waals surface area (Å²) in [6.07, 6.45) is 26.4. The van der Waals surface area contributed by atoms with Crippen LogP contribution < -0.4 is 0 Å². The van der Waals surface area contributed by atoms with E-state index in [1.165, 1.54) is 77.0 Å². The number of rotatable bonds is 36. The maximum atomic E-state index is 12.8. The van der Waals surface area contributed by atoms with Crippen molar-refractivity contribution in [2.75, 3.05) is 26.4 Å². The third-order valence-corrected chi connectivity index (χ3v) is 10.0. The van der Waals surface area contributed by atoms with Gasteiger partial charge in [0.1, 0.15) is 30.5 Å². The van der Waals surface area contributed by atoms with Crippen LogP contribution >= 0.6 is 0 Å². The van der Waals surface area contributed by atoms with E-state index in [9.17, 15) is 28.5 Å². The van der Waals surface area contributed by atoms with Crippen LogP contribution in [0, 0.1) is 0 Å². The molecule has 6 atom stereocenters. The molecule has 0 aliphatic carbocycles. The predicted molar refractivity (Wildman–Crippen MR) is 211 cm³/mol. The van der Waals surface area contributed by atoms with Gasteiger partial charge in [0.25, 0.3) is 0 Å². The summed E-state index contributed by atoms with van der Waals surface area (Å²) >= 11 is 0. The molecule has 318 valence electrons. The van der Waals surface area contributed by atoms with Crippen LogP contribution in [0.2, 0.25) is 0 Å². The standard InChI is InChI=1S/C41H76O12S/c1-3-5-7-9-11-13-15-17-18-19-20-22-24-26-28-30-37(43)51-35(33-49-31-29-27-25-23-21-16-14-12-10-8-6-4-2)34-50-41-39(45)40(53-54(46,47)48)38(44)36(32-42)52-41/h11,13,17-18,35-36,38-42,44-45H,3-10,12,14-16,19-34H2,1-2H3,(H,46,47,48)/b13-11-,18-17-. The van der Waals surface area contributed by atoms with Gasteiger partial charge in [0, 0.05) is 13.0 Å². The van der Waals surface area contributed by atoms with Crippen LogP contribution in [0.5, 0.6) is 0 Å². The van der Waals surface area contributed by atoms with E-state index < -0.39 is 59.8 Å².